The quantitative estimate of drug-likeness (QED) is 0.366. The Morgan fingerprint density at radius 1 is 0.500 bits per heavy atom. The first-order chi connectivity index (χ1) is 20.3. The third kappa shape index (κ3) is 6.43. The molecule has 4 N–H and O–H groups in total. The van der Waals surface area contributed by atoms with Gasteiger partial charge in [0.25, 0.3) is 0 Å². The van der Waals surface area contributed by atoms with E-state index in [0.29, 0.717) is 13.1 Å². The molecule has 0 spiro atoms. The molecule has 0 aliphatic carbocycles. The maximum Gasteiger partial charge on any atom is 0.249 e. The zero-order valence-corrected chi connectivity index (χ0v) is 24.2. The number of carbonyl (C=O) groups is 4. The summed E-state index contributed by atoms with van der Waals surface area (Å²) >= 11 is 0. The fourth-order valence-electron chi connectivity index (χ4n) is 5.31. The summed E-state index contributed by atoms with van der Waals surface area (Å²) < 4.78 is 0. The molecule has 2 aromatic carbocycles. The van der Waals surface area contributed by atoms with E-state index in [1.54, 1.807) is 34.6 Å². The molecule has 0 radical (unpaired) electrons. The summed E-state index contributed by atoms with van der Waals surface area (Å²) in [6, 6.07) is 19.3. The smallest absolute Gasteiger partial charge is 0.249 e. The molecule has 218 valence electrons. The number of likely N-dealkylation sites (N-methyl/N-ethyl adjacent to an activating group) is 4. The van der Waals surface area contributed by atoms with E-state index < -0.39 is 35.5 Å². The predicted octanol–water partition coefficient (Wildman–Crippen LogP) is 1.77. The van der Waals surface area contributed by atoms with Gasteiger partial charge < -0.3 is 31.1 Å². The maximum absolute atomic E-state index is 13.5. The van der Waals surface area contributed by atoms with E-state index in [0.717, 1.165) is 11.1 Å². The molecule has 10 heteroatoms. The van der Waals surface area contributed by atoms with Crippen molar-refractivity contribution in [3.8, 4) is 0 Å². The maximum atomic E-state index is 13.5. The molecule has 2 aromatic rings. The first-order valence-electron chi connectivity index (χ1n) is 13.7. The Morgan fingerprint density at radius 2 is 0.762 bits per heavy atom. The summed E-state index contributed by atoms with van der Waals surface area (Å²) in [5, 5.41) is 10.7. The lowest BCUT2D eigenvalue weighted by Gasteiger charge is -2.39. The Hall–Kier alpha value is -5.12. The van der Waals surface area contributed by atoms with Crippen LogP contribution in [0.15, 0.2) is 108 Å². The van der Waals surface area contributed by atoms with Gasteiger partial charge in [0.15, 0.2) is 0 Å². The Labute approximate surface area is 245 Å². The molecular weight excluding hydrogens is 532 g/mol. The lowest BCUT2D eigenvalue weighted by molar-refractivity contribution is -0.121. The highest BCUT2D eigenvalue weighted by Crippen LogP contribution is 2.43. The van der Waals surface area contributed by atoms with Crippen molar-refractivity contribution in [2.24, 2.45) is 11.8 Å². The molecule has 2 aliphatic heterocycles. The number of benzene rings is 2. The van der Waals surface area contributed by atoms with Crippen LogP contribution in [0.2, 0.25) is 0 Å². The molecular formula is C32H36N6O4. The summed E-state index contributed by atoms with van der Waals surface area (Å²) in [6.45, 7) is 0.806. The summed E-state index contributed by atoms with van der Waals surface area (Å²) in [4.78, 5) is 57.4. The van der Waals surface area contributed by atoms with Gasteiger partial charge in [-0.2, -0.15) is 0 Å². The third-order valence-electron chi connectivity index (χ3n) is 7.27. The molecule has 4 amide bonds. The van der Waals surface area contributed by atoms with Crippen molar-refractivity contribution in [2.45, 2.75) is 13.1 Å². The number of rotatable bonds is 9. The van der Waals surface area contributed by atoms with Gasteiger partial charge in [-0.3, -0.25) is 19.2 Å². The van der Waals surface area contributed by atoms with E-state index in [4.69, 9.17) is 0 Å². The lowest BCUT2D eigenvalue weighted by Crippen LogP contribution is -2.45. The van der Waals surface area contributed by atoms with Gasteiger partial charge in [-0.15, -0.1) is 0 Å². The highest BCUT2D eigenvalue weighted by molar-refractivity contribution is 6.05. The van der Waals surface area contributed by atoms with Crippen LogP contribution < -0.4 is 21.3 Å². The Bertz CT molecular complexity index is 1280. The van der Waals surface area contributed by atoms with E-state index in [9.17, 15) is 19.2 Å². The van der Waals surface area contributed by atoms with E-state index in [-0.39, 0.29) is 22.3 Å². The van der Waals surface area contributed by atoms with Crippen molar-refractivity contribution in [3.05, 3.63) is 119 Å². The molecule has 0 saturated heterocycles. The average Bonchev–Trinajstić information content (AvgIpc) is 3.03. The van der Waals surface area contributed by atoms with E-state index in [1.165, 1.54) is 28.2 Å². The number of hydrogen-bond donors (Lipinski definition) is 4. The minimum absolute atomic E-state index is 0.251. The number of carbonyl (C=O) groups excluding carboxylic acids is 4. The van der Waals surface area contributed by atoms with Crippen molar-refractivity contribution in [3.63, 3.8) is 0 Å². The van der Waals surface area contributed by atoms with E-state index >= 15 is 0 Å². The second-order valence-corrected chi connectivity index (χ2v) is 9.93. The second-order valence-electron chi connectivity index (χ2n) is 9.93. The molecule has 0 aromatic heterocycles. The van der Waals surface area contributed by atoms with Crippen LogP contribution in [0.4, 0.5) is 0 Å². The molecule has 0 atom stereocenters. The minimum Gasteiger partial charge on any atom is -0.355 e. The van der Waals surface area contributed by atoms with Gasteiger partial charge in [0.2, 0.25) is 23.6 Å². The first-order valence-corrected chi connectivity index (χ1v) is 13.7. The van der Waals surface area contributed by atoms with Gasteiger partial charge in [0.05, 0.1) is 0 Å². The number of nitrogens with one attached hydrogen (secondary N) is 4. The Morgan fingerprint density at radius 3 is 1.00 bits per heavy atom. The monoisotopic (exact) mass is 568 g/mol. The molecule has 2 heterocycles. The first kappa shape index (κ1) is 29.9. The topological polar surface area (TPSA) is 123 Å². The average molecular weight is 569 g/mol. The van der Waals surface area contributed by atoms with E-state index in [1.807, 2.05) is 60.7 Å². The van der Waals surface area contributed by atoms with Crippen LogP contribution in [0.3, 0.4) is 0 Å². The Balaban J connectivity index is 1.88. The predicted molar refractivity (Wildman–Crippen MR) is 160 cm³/mol. The van der Waals surface area contributed by atoms with Crippen molar-refractivity contribution >= 4 is 23.6 Å². The molecule has 2 aliphatic rings. The summed E-state index contributed by atoms with van der Waals surface area (Å²) in [6.07, 6.45) is 6.73. The highest BCUT2D eigenvalue weighted by atomic mass is 16.2. The van der Waals surface area contributed by atoms with Gasteiger partial charge in [-0.25, -0.2) is 0 Å². The van der Waals surface area contributed by atoms with Gasteiger partial charge in [0.1, 0.15) is 0 Å². The van der Waals surface area contributed by atoms with Crippen molar-refractivity contribution in [1.29, 1.82) is 0 Å². The summed E-state index contributed by atoms with van der Waals surface area (Å²) in [5.74, 6) is -3.58. The van der Waals surface area contributed by atoms with Crippen LogP contribution in [0.1, 0.15) is 11.1 Å². The number of amides is 4. The zero-order valence-electron chi connectivity index (χ0n) is 24.2. The second kappa shape index (κ2) is 13.5. The SMILES string of the molecule is CNC(=O)C1=CN(Cc2ccccc2)C=C(C(=O)NC)C1C1C(C(=O)NC)=CN(Cc2ccccc2)C=C1C(=O)NC. The molecule has 42 heavy (non-hydrogen) atoms. The van der Waals surface area contributed by atoms with Crippen LogP contribution in [0, 0.1) is 11.8 Å². The Kier molecular flexibility index (Phi) is 9.59. The molecule has 0 saturated carbocycles. The fraction of sp³-hybridized carbons (Fsp3) is 0.250. The van der Waals surface area contributed by atoms with E-state index in [2.05, 4.69) is 21.3 Å². The van der Waals surface area contributed by atoms with Crippen molar-refractivity contribution < 1.29 is 19.2 Å². The molecule has 0 fully saturated rings. The number of nitrogens with zero attached hydrogens (tertiary/aromatic N) is 2. The molecule has 10 nitrogen and oxygen atoms in total. The standard InChI is InChI=1S/C32H36N6O4/c1-33-29(39)23-17-37(15-21-11-7-5-8-12-21)18-24(30(40)34-2)27(23)28-25(31(41)35-3)19-38(20-26(28)32(42)36-4)16-22-13-9-6-10-14-22/h5-14,17-20,27-28H,15-16H2,1-4H3,(H,33,39)(H,34,40)(H,35,41)(H,36,42). The third-order valence-corrected chi connectivity index (χ3v) is 7.27. The summed E-state index contributed by atoms with van der Waals surface area (Å²) in [5.41, 5.74) is 2.95. The largest absolute Gasteiger partial charge is 0.355 e. The van der Waals surface area contributed by atoms with Crippen molar-refractivity contribution in [2.75, 3.05) is 28.2 Å². The summed E-state index contributed by atoms with van der Waals surface area (Å²) in [7, 11) is 6.03. The highest BCUT2D eigenvalue weighted by Gasteiger charge is 2.45. The van der Waals surface area contributed by atoms with Crippen LogP contribution in [-0.2, 0) is 32.3 Å². The van der Waals surface area contributed by atoms with Gasteiger partial charge in [-0.1, -0.05) is 60.7 Å². The molecule has 0 unspecified atom stereocenters. The van der Waals surface area contributed by atoms with Crippen LogP contribution in [0.5, 0.6) is 0 Å². The minimum atomic E-state index is -0.942. The van der Waals surface area contributed by atoms with Gasteiger partial charge in [-0.05, 0) is 11.1 Å². The van der Waals surface area contributed by atoms with Crippen LogP contribution in [0.25, 0.3) is 0 Å². The molecule has 4 rings (SSSR count). The van der Waals surface area contributed by atoms with Crippen molar-refractivity contribution in [1.82, 2.24) is 31.1 Å². The normalized spacial score (nSPS) is 15.5. The van der Waals surface area contributed by atoms with Gasteiger partial charge in [0, 0.05) is 100 Å². The van der Waals surface area contributed by atoms with Crippen LogP contribution in [-0.4, -0.2) is 61.6 Å². The fourth-order valence-corrected chi connectivity index (χ4v) is 5.31. The van der Waals surface area contributed by atoms with Crippen LogP contribution >= 0.6 is 0 Å². The molecule has 0 bridgehead atoms. The zero-order chi connectivity index (χ0) is 30.2. The lowest BCUT2D eigenvalue weighted by atomic mass is 9.70. The van der Waals surface area contributed by atoms with Gasteiger partial charge >= 0.3 is 0 Å². The number of hydrogen-bond acceptors (Lipinski definition) is 6.